The number of barbiturate groups is 1. The Morgan fingerprint density at radius 3 is 2.54 bits per heavy atom. The molecule has 1 aliphatic rings. The lowest BCUT2D eigenvalue weighted by atomic mass is 10.1. The van der Waals surface area contributed by atoms with Gasteiger partial charge in [0, 0.05) is 6.21 Å². The van der Waals surface area contributed by atoms with Crippen molar-refractivity contribution in [1.29, 1.82) is 0 Å². The number of imide groups is 2. The normalized spacial score (nSPS) is 17.5. The van der Waals surface area contributed by atoms with Crippen molar-refractivity contribution < 1.29 is 19.1 Å². The van der Waals surface area contributed by atoms with Crippen LogP contribution < -0.4 is 15.0 Å². The number of para-hydroxylation sites is 3. The van der Waals surface area contributed by atoms with Gasteiger partial charge in [-0.2, -0.15) is 0 Å². The Labute approximate surface area is 154 Å². The van der Waals surface area contributed by atoms with E-state index < -0.39 is 23.8 Å². The number of rotatable bonds is 4. The molecule has 0 radical (unpaired) electrons. The van der Waals surface area contributed by atoms with E-state index in [1.807, 2.05) is 0 Å². The molecule has 132 valence electrons. The monoisotopic (exact) mass is 371 g/mol. The molecule has 3 rings (SSSR count). The quantitative estimate of drug-likeness (QED) is 0.661. The Morgan fingerprint density at radius 2 is 1.81 bits per heavy atom. The number of methoxy groups -OCH3 is 1. The predicted molar refractivity (Wildman–Crippen MR) is 97.1 cm³/mol. The van der Waals surface area contributed by atoms with E-state index in [1.165, 1.54) is 13.3 Å². The molecule has 1 atom stereocenters. The predicted octanol–water partition coefficient (Wildman–Crippen LogP) is 2.95. The second-order valence-corrected chi connectivity index (χ2v) is 5.75. The zero-order valence-electron chi connectivity index (χ0n) is 13.7. The van der Waals surface area contributed by atoms with E-state index >= 15 is 0 Å². The summed E-state index contributed by atoms with van der Waals surface area (Å²) in [6, 6.07) is 12.4. The molecule has 2 aromatic rings. The van der Waals surface area contributed by atoms with Crippen molar-refractivity contribution in [2.45, 2.75) is 0 Å². The SMILES string of the molecule is COc1ccccc1N1C(=O)NC(=O)[C@@H](C=Nc2ccccc2Cl)C1=O. The Bertz CT molecular complexity index is 913. The molecule has 1 N–H and O–H groups in total. The third-order valence-electron chi connectivity index (χ3n) is 3.74. The van der Waals surface area contributed by atoms with Crippen LogP contribution in [0.4, 0.5) is 16.2 Å². The van der Waals surface area contributed by atoms with Gasteiger partial charge >= 0.3 is 6.03 Å². The lowest BCUT2D eigenvalue weighted by molar-refractivity contribution is -0.131. The van der Waals surface area contributed by atoms with Crippen LogP contribution in [0.25, 0.3) is 0 Å². The van der Waals surface area contributed by atoms with Crippen molar-refractivity contribution in [3.8, 4) is 5.75 Å². The first-order chi connectivity index (χ1) is 12.5. The van der Waals surface area contributed by atoms with Crippen LogP contribution in [0.3, 0.4) is 0 Å². The lowest BCUT2D eigenvalue weighted by Crippen LogP contribution is -2.58. The number of hydrogen-bond donors (Lipinski definition) is 1. The van der Waals surface area contributed by atoms with Gasteiger partial charge in [0.25, 0.3) is 5.91 Å². The van der Waals surface area contributed by atoms with E-state index in [0.29, 0.717) is 16.5 Å². The van der Waals surface area contributed by atoms with E-state index in [-0.39, 0.29) is 5.69 Å². The molecule has 1 heterocycles. The maximum absolute atomic E-state index is 12.8. The molecule has 8 heteroatoms. The zero-order valence-corrected chi connectivity index (χ0v) is 14.4. The van der Waals surface area contributed by atoms with E-state index in [0.717, 1.165) is 4.90 Å². The van der Waals surface area contributed by atoms with E-state index in [9.17, 15) is 14.4 Å². The molecule has 0 aliphatic carbocycles. The molecule has 7 nitrogen and oxygen atoms in total. The minimum absolute atomic E-state index is 0.237. The molecular weight excluding hydrogens is 358 g/mol. The number of halogens is 1. The first kappa shape index (κ1) is 17.6. The number of hydrogen-bond acceptors (Lipinski definition) is 5. The van der Waals surface area contributed by atoms with Crippen LogP contribution in [-0.2, 0) is 9.59 Å². The molecule has 0 bridgehead atoms. The second-order valence-electron chi connectivity index (χ2n) is 5.35. The number of carbonyl (C=O) groups excluding carboxylic acids is 3. The molecule has 0 aromatic heterocycles. The molecule has 4 amide bonds. The minimum Gasteiger partial charge on any atom is -0.495 e. The number of anilines is 1. The number of amides is 4. The summed E-state index contributed by atoms with van der Waals surface area (Å²) >= 11 is 6.02. The highest BCUT2D eigenvalue weighted by Gasteiger charge is 2.41. The smallest absolute Gasteiger partial charge is 0.335 e. The van der Waals surface area contributed by atoms with Gasteiger partial charge in [0.05, 0.1) is 23.5 Å². The molecule has 1 saturated heterocycles. The van der Waals surface area contributed by atoms with Gasteiger partial charge < -0.3 is 4.74 Å². The maximum atomic E-state index is 12.8. The molecule has 0 saturated carbocycles. The maximum Gasteiger partial charge on any atom is 0.335 e. The second kappa shape index (κ2) is 7.37. The third-order valence-corrected chi connectivity index (χ3v) is 4.06. The van der Waals surface area contributed by atoms with E-state index in [1.54, 1.807) is 48.5 Å². The highest BCUT2D eigenvalue weighted by Crippen LogP contribution is 2.30. The van der Waals surface area contributed by atoms with Gasteiger partial charge in [0.1, 0.15) is 5.75 Å². The van der Waals surface area contributed by atoms with Crippen molar-refractivity contribution in [2.24, 2.45) is 10.9 Å². The first-order valence-corrected chi connectivity index (χ1v) is 8.01. The molecule has 26 heavy (non-hydrogen) atoms. The number of urea groups is 1. The van der Waals surface area contributed by atoms with Crippen LogP contribution >= 0.6 is 11.6 Å². The highest BCUT2D eigenvalue weighted by atomic mass is 35.5. The largest absolute Gasteiger partial charge is 0.495 e. The van der Waals surface area contributed by atoms with Gasteiger partial charge in [-0.05, 0) is 24.3 Å². The molecule has 2 aromatic carbocycles. The van der Waals surface area contributed by atoms with Gasteiger partial charge in [-0.1, -0.05) is 35.9 Å². The topological polar surface area (TPSA) is 88.1 Å². The van der Waals surface area contributed by atoms with E-state index in [2.05, 4.69) is 10.3 Å². The Kier molecular flexibility index (Phi) is 4.99. The van der Waals surface area contributed by atoms with Crippen molar-refractivity contribution in [3.05, 3.63) is 53.6 Å². The van der Waals surface area contributed by atoms with Crippen LogP contribution in [0.2, 0.25) is 5.02 Å². The van der Waals surface area contributed by atoms with Gasteiger partial charge in [-0.15, -0.1) is 0 Å². The Hall–Kier alpha value is -3.19. The van der Waals surface area contributed by atoms with Gasteiger partial charge in [0.15, 0.2) is 5.92 Å². The summed E-state index contributed by atoms with van der Waals surface area (Å²) < 4.78 is 5.19. The lowest BCUT2D eigenvalue weighted by Gasteiger charge is -2.29. The molecule has 1 fully saturated rings. The average molecular weight is 372 g/mol. The summed E-state index contributed by atoms with van der Waals surface area (Å²) in [5.74, 6) is -2.41. The summed E-state index contributed by atoms with van der Waals surface area (Å²) in [6.07, 6.45) is 1.17. The number of nitrogens with zero attached hydrogens (tertiary/aromatic N) is 2. The van der Waals surface area contributed by atoms with Crippen LogP contribution in [-0.4, -0.2) is 31.2 Å². The average Bonchev–Trinajstić information content (AvgIpc) is 2.63. The van der Waals surface area contributed by atoms with Crippen LogP contribution in [0.15, 0.2) is 53.5 Å². The summed E-state index contributed by atoms with van der Waals surface area (Å²) in [5.41, 5.74) is 0.650. The highest BCUT2D eigenvalue weighted by molar-refractivity contribution is 6.34. The van der Waals surface area contributed by atoms with Crippen molar-refractivity contribution in [2.75, 3.05) is 12.0 Å². The van der Waals surface area contributed by atoms with Crippen LogP contribution in [0.1, 0.15) is 0 Å². The number of nitrogens with one attached hydrogen (secondary N) is 1. The number of aliphatic imine (C=N–C) groups is 1. The van der Waals surface area contributed by atoms with Crippen LogP contribution in [0.5, 0.6) is 5.75 Å². The fourth-order valence-corrected chi connectivity index (χ4v) is 2.66. The van der Waals surface area contributed by atoms with Gasteiger partial charge in [-0.3, -0.25) is 19.9 Å². The van der Waals surface area contributed by atoms with Crippen molar-refractivity contribution in [3.63, 3.8) is 0 Å². The first-order valence-electron chi connectivity index (χ1n) is 7.63. The third kappa shape index (κ3) is 3.29. The Morgan fingerprint density at radius 1 is 1.12 bits per heavy atom. The molecule has 0 unspecified atom stereocenters. The molecular formula is C18H14ClN3O4. The van der Waals surface area contributed by atoms with Crippen molar-refractivity contribution in [1.82, 2.24) is 5.32 Å². The van der Waals surface area contributed by atoms with Crippen LogP contribution in [0, 0.1) is 5.92 Å². The minimum atomic E-state index is -1.27. The fraction of sp³-hybridized carbons (Fsp3) is 0.111. The summed E-state index contributed by atoms with van der Waals surface area (Å²) in [5, 5.41) is 2.54. The Balaban J connectivity index is 1.95. The summed E-state index contributed by atoms with van der Waals surface area (Å²) in [7, 11) is 1.42. The summed E-state index contributed by atoms with van der Waals surface area (Å²) in [4.78, 5) is 42.1. The number of carbonyl (C=O) groups is 3. The molecule has 1 aliphatic heterocycles. The number of ether oxygens (including phenoxy) is 1. The summed E-state index contributed by atoms with van der Waals surface area (Å²) in [6.45, 7) is 0. The standard InChI is InChI=1S/C18H14ClN3O4/c1-26-15-9-5-4-8-14(15)22-17(24)11(16(23)21-18(22)25)10-20-13-7-3-2-6-12(13)19/h2-11H,1H3,(H,21,23,25)/t11-/m1/s1. The fourth-order valence-electron chi connectivity index (χ4n) is 2.48. The van der Waals surface area contributed by atoms with Gasteiger partial charge in [0.2, 0.25) is 5.91 Å². The van der Waals surface area contributed by atoms with E-state index in [4.69, 9.17) is 16.3 Å². The zero-order chi connectivity index (χ0) is 18.7. The number of benzene rings is 2. The van der Waals surface area contributed by atoms with Gasteiger partial charge in [-0.25, -0.2) is 9.69 Å². The molecule has 0 spiro atoms. The van der Waals surface area contributed by atoms with Crippen molar-refractivity contribution >= 4 is 47.0 Å².